The number of hydrogen-bond acceptors (Lipinski definition) is 7. The SMILES string of the molecule is O=C1N[C@]2(O[C@H]([C@H](O)CO)[C@H](O)[C@H]2O)C(=O)N1c1ccccc1. The van der Waals surface area contributed by atoms with E-state index in [-0.39, 0.29) is 5.69 Å². The van der Waals surface area contributed by atoms with Gasteiger partial charge in [-0.1, -0.05) is 18.2 Å². The molecule has 0 bridgehead atoms. The molecule has 5 N–H and O–H groups in total. The van der Waals surface area contributed by atoms with Gasteiger partial charge in [0.25, 0.3) is 11.6 Å². The zero-order valence-corrected chi connectivity index (χ0v) is 11.9. The minimum absolute atomic E-state index is 0.267. The number of carbonyl (C=O) groups excluding carboxylic acids is 2. The van der Waals surface area contributed by atoms with Gasteiger partial charge in [-0.05, 0) is 12.1 Å². The van der Waals surface area contributed by atoms with Crippen molar-refractivity contribution in [2.45, 2.75) is 30.1 Å². The Labute approximate surface area is 130 Å². The van der Waals surface area contributed by atoms with Gasteiger partial charge in [-0.2, -0.15) is 0 Å². The van der Waals surface area contributed by atoms with E-state index >= 15 is 0 Å². The predicted molar refractivity (Wildman–Crippen MR) is 75.2 cm³/mol. The van der Waals surface area contributed by atoms with E-state index in [0.717, 1.165) is 4.90 Å². The number of para-hydroxylation sites is 1. The normalized spacial score (nSPS) is 35.0. The third-order valence-electron chi connectivity index (χ3n) is 4.00. The molecule has 1 aromatic carbocycles. The molecular weight excluding hydrogens is 308 g/mol. The van der Waals surface area contributed by atoms with Crippen LogP contribution in [0.1, 0.15) is 0 Å². The Morgan fingerprint density at radius 2 is 1.91 bits per heavy atom. The average Bonchev–Trinajstić information content (AvgIpc) is 2.96. The maximum atomic E-state index is 12.7. The molecule has 2 aliphatic heterocycles. The van der Waals surface area contributed by atoms with Crippen molar-refractivity contribution in [2.24, 2.45) is 0 Å². The van der Waals surface area contributed by atoms with Gasteiger partial charge in [-0.25, -0.2) is 9.69 Å². The Bertz CT molecular complexity index is 625. The Kier molecular flexibility index (Phi) is 3.82. The Balaban J connectivity index is 1.95. The summed E-state index contributed by atoms with van der Waals surface area (Å²) in [7, 11) is 0. The van der Waals surface area contributed by atoms with Gasteiger partial charge >= 0.3 is 6.03 Å². The lowest BCUT2D eigenvalue weighted by Crippen LogP contribution is -2.56. The Hall–Kier alpha value is -2.04. The molecule has 23 heavy (non-hydrogen) atoms. The highest BCUT2D eigenvalue weighted by molar-refractivity contribution is 6.23. The first-order chi connectivity index (χ1) is 10.9. The highest BCUT2D eigenvalue weighted by atomic mass is 16.6. The van der Waals surface area contributed by atoms with Crippen molar-refractivity contribution in [3.63, 3.8) is 0 Å². The van der Waals surface area contributed by atoms with Crippen LogP contribution in [-0.2, 0) is 9.53 Å². The van der Waals surface area contributed by atoms with Crippen molar-refractivity contribution in [2.75, 3.05) is 11.5 Å². The van der Waals surface area contributed by atoms with Crippen LogP contribution in [0, 0.1) is 0 Å². The summed E-state index contributed by atoms with van der Waals surface area (Å²) in [5.74, 6) is -0.909. The summed E-state index contributed by atoms with van der Waals surface area (Å²) in [4.78, 5) is 25.6. The average molecular weight is 324 g/mol. The molecule has 1 spiro atoms. The smallest absolute Gasteiger partial charge is 0.331 e. The first-order valence-corrected chi connectivity index (χ1v) is 6.97. The molecule has 5 atom stereocenters. The van der Waals surface area contributed by atoms with Crippen LogP contribution in [0.4, 0.5) is 10.5 Å². The number of hydrogen-bond donors (Lipinski definition) is 5. The van der Waals surface area contributed by atoms with E-state index in [1.165, 1.54) is 12.1 Å². The summed E-state index contributed by atoms with van der Waals surface area (Å²) < 4.78 is 5.29. The fraction of sp³-hybridized carbons (Fsp3) is 0.429. The van der Waals surface area contributed by atoms with Gasteiger partial charge in [0, 0.05) is 0 Å². The van der Waals surface area contributed by atoms with Crippen LogP contribution in [0.15, 0.2) is 30.3 Å². The standard InChI is InChI=1S/C14H16N2O7/c17-6-8(18)10-9(19)11(20)14(23-10)12(21)16(13(22)15-14)7-4-2-1-3-5-7/h1-5,8-11,17-20H,6H2,(H,15,22)/t8-,9+,10-,11-,14-/m1/s1. The number of rotatable bonds is 3. The molecule has 2 saturated heterocycles. The van der Waals surface area contributed by atoms with Gasteiger partial charge in [0.05, 0.1) is 12.3 Å². The number of nitrogens with zero attached hydrogens (tertiary/aromatic N) is 1. The van der Waals surface area contributed by atoms with E-state index in [1.807, 2.05) is 0 Å². The molecule has 2 fully saturated rings. The van der Waals surface area contributed by atoms with E-state index < -0.39 is 48.7 Å². The fourth-order valence-corrected chi connectivity index (χ4v) is 2.80. The molecule has 0 unspecified atom stereocenters. The largest absolute Gasteiger partial charge is 0.394 e. The fourth-order valence-electron chi connectivity index (χ4n) is 2.80. The lowest BCUT2D eigenvalue weighted by Gasteiger charge is -2.24. The molecule has 2 aliphatic rings. The van der Waals surface area contributed by atoms with Gasteiger partial charge < -0.3 is 25.2 Å². The second-order valence-electron chi connectivity index (χ2n) is 5.41. The molecule has 0 aromatic heterocycles. The highest BCUT2D eigenvalue weighted by Gasteiger charge is 2.66. The molecule has 124 valence electrons. The number of urea groups is 1. The van der Waals surface area contributed by atoms with Crippen LogP contribution in [0.5, 0.6) is 0 Å². The lowest BCUT2D eigenvalue weighted by molar-refractivity contribution is -0.157. The molecule has 0 saturated carbocycles. The highest BCUT2D eigenvalue weighted by Crippen LogP contribution is 2.37. The minimum Gasteiger partial charge on any atom is -0.394 e. The zero-order valence-electron chi connectivity index (χ0n) is 11.9. The number of nitrogens with one attached hydrogen (secondary N) is 1. The second-order valence-corrected chi connectivity index (χ2v) is 5.41. The molecule has 3 rings (SSSR count). The summed E-state index contributed by atoms with van der Waals surface area (Å²) in [6.07, 6.45) is -6.39. The first kappa shape index (κ1) is 15.8. The number of carbonyl (C=O) groups is 2. The monoisotopic (exact) mass is 324 g/mol. The minimum atomic E-state index is -2.20. The van der Waals surface area contributed by atoms with E-state index in [9.17, 15) is 24.9 Å². The molecular formula is C14H16N2O7. The molecule has 0 aliphatic carbocycles. The number of benzene rings is 1. The third kappa shape index (κ3) is 2.21. The second kappa shape index (κ2) is 5.55. The predicted octanol–water partition coefficient (Wildman–Crippen LogP) is -2.09. The quantitative estimate of drug-likeness (QED) is 0.402. The lowest BCUT2D eigenvalue weighted by atomic mass is 10.0. The number of anilines is 1. The molecule has 2 heterocycles. The van der Waals surface area contributed by atoms with Crippen molar-refractivity contribution < 1.29 is 34.8 Å². The van der Waals surface area contributed by atoms with Gasteiger partial charge in [0.1, 0.15) is 24.4 Å². The van der Waals surface area contributed by atoms with Crippen molar-refractivity contribution >= 4 is 17.6 Å². The summed E-state index contributed by atoms with van der Waals surface area (Å²) in [5, 5.41) is 41.0. The van der Waals surface area contributed by atoms with Crippen molar-refractivity contribution in [3.8, 4) is 0 Å². The van der Waals surface area contributed by atoms with Gasteiger partial charge in [0.15, 0.2) is 0 Å². The van der Waals surface area contributed by atoms with Gasteiger partial charge in [-0.3, -0.25) is 10.1 Å². The van der Waals surface area contributed by atoms with E-state index in [2.05, 4.69) is 5.32 Å². The summed E-state index contributed by atoms with van der Waals surface area (Å²) in [5.41, 5.74) is -1.93. The van der Waals surface area contributed by atoms with Crippen LogP contribution >= 0.6 is 0 Å². The van der Waals surface area contributed by atoms with Crippen molar-refractivity contribution in [1.29, 1.82) is 0 Å². The number of imide groups is 1. The van der Waals surface area contributed by atoms with Crippen LogP contribution < -0.4 is 10.2 Å². The van der Waals surface area contributed by atoms with E-state index in [1.54, 1.807) is 18.2 Å². The summed E-state index contributed by atoms with van der Waals surface area (Å²) >= 11 is 0. The third-order valence-corrected chi connectivity index (χ3v) is 4.00. The Morgan fingerprint density at radius 3 is 2.52 bits per heavy atom. The van der Waals surface area contributed by atoms with Crippen LogP contribution in [0.25, 0.3) is 0 Å². The number of amides is 3. The molecule has 1 aromatic rings. The topological polar surface area (TPSA) is 140 Å². The maximum Gasteiger partial charge on any atom is 0.331 e. The molecule has 3 amide bonds. The summed E-state index contributed by atoms with van der Waals surface area (Å²) in [6.45, 7) is -0.741. The zero-order chi connectivity index (χ0) is 16.8. The number of aliphatic hydroxyl groups excluding tert-OH is 4. The summed E-state index contributed by atoms with van der Waals surface area (Å²) in [6, 6.07) is 7.17. The van der Waals surface area contributed by atoms with Gasteiger partial charge in [-0.15, -0.1) is 0 Å². The van der Waals surface area contributed by atoms with E-state index in [0.29, 0.717) is 0 Å². The molecule has 9 nitrogen and oxygen atoms in total. The maximum absolute atomic E-state index is 12.7. The Morgan fingerprint density at radius 1 is 1.26 bits per heavy atom. The van der Waals surface area contributed by atoms with Crippen LogP contribution in [0.2, 0.25) is 0 Å². The first-order valence-electron chi connectivity index (χ1n) is 6.97. The van der Waals surface area contributed by atoms with Crippen LogP contribution in [-0.4, -0.2) is 69.1 Å². The van der Waals surface area contributed by atoms with Crippen molar-refractivity contribution in [1.82, 2.24) is 5.32 Å². The number of ether oxygens (including phenoxy) is 1. The number of aliphatic hydroxyl groups is 4. The van der Waals surface area contributed by atoms with Crippen molar-refractivity contribution in [3.05, 3.63) is 30.3 Å². The van der Waals surface area contributed by atoms with Crippen LogP contribution in [0.3, 0.4) is 0 Å². The molecule has 9 heteroatoms. The molecule has 0 radical (unpaired) electrons. The van der Waals surface area contributed by atoms with Gasteiger partial charge in [0.2, 0.25) is 0 Å². The van der Waals surface area contributed by atoms with E-state index in [4.69, 9.17) is 9.84 Å².